The van der Waals surface area contributed by atoms with Gasteiger partial charge in [0.05, 0.1) is 44.1 Å². The Labute approximate surface area is 154 Å². The molecule has 0 bridgehead atoms. The summed E-state index contributed by atoms with van der Waals surface area (Å²) in [7, 11) is 0. The first-order valence-electron chi connectivity index (χ1n) is 8.83. The van der Waals surface area contributed by atoms with Gasteiger partial charge in [-0.15, -0.1) is 0 Å². The van der Waals surface area contributed by atoms with Gasteiger partial charge in [0, 0.05) is 10.6 Å². The van der Waals surface area contributed by atoms with Gasteiger partial charge in [-0.1, -0.05) is 29.3 Å². The maximum Gasteiger partial charge on any atom is 0.255 e. The highest BCUT2D eigenvalue weighted by molar-refractivity contribution is 6.31. The molecule has 4 nitrogen and oxygen atoms in total. The van der Waals surface area contributed by atoms with E-state index in [0.29, 0.717) is 10.6 Å². The smallest absolute Gasteiger partial charge is 0.255 e. The van der Waals surface area contributed by atoms with Crippen molar-refractivity contribution in [3.8, 4) is 0 Å². The van der Waals surface area contributed by atoms with E-state index in [2.05, 4.69) is 17.1 Å². The molecule has 0 saturated carbocycles. The normalized spacial score (nSPS) is 15.2. The Morgan fingerprint density at radius 2 is 1.84 bits per heavy atom. The van der Waals surface area contributed by atoms with Gasteiger partial charge >= 0.3 is 0 Å². The molecule has 0 aliphatic carbocycles. The van der Waals surface area contributed by atoms with Crippen molar-refractivity contribution >= 4 is 28.9 Å². The number of quaternary nitrogens is 1. The first-order valence-corrected chi connectivity index (χ1v) is 9.20. The third kappa shape index (κ3) is 4.33. The molecule has 0 unspecified atom stereocenters. The van der Waals surface area contributed by atoms with E-state index in [0.717, 1.165) is 49.7 Å². The summed E-state index contributed by atoms with van der Waals surface area (Å²) in [5.41, 5.74) is 3.60. The maximum atomic E-state index is 12.6. The van der Waals surface area contributed by atoms with Gasteiger partial charge in [0.25, 0.3) is 5.91 Å². The number of nitrogens with one attached hydrogen (secondary N) is 2. The SMILES string of the molecule is CC[NH+]1CCN(c2ccc(Cl)cc2NC(=O)c2ccc(C)cc2)CC1. The van der Waals surface area contributed by atoms with Crippen LogP contribution in [0.2, 0.25) is 5.02 Å². The Balaban J connectivity index is 1.79. The summed E-state index contributed by atoms with van der Waals surface area (Å²) >= 11 is 6.18. The fourth-order valence-electron chi connectivity index (χ4n) is 3.20. The van der Waals surface area contributed by atoms with Crippen molar-refractivity contribution in [3.63, 3.8) is 0 Å². The molecule has 2 aromatic rings. The molecular formula is C20H25ClN3O+. The van der Waals surface area contributed by atoms with Gasteiger partial charge in [0.15, 0.2) is 0 Å². The summed E-state index contributed by atoms with van der Waals surface area (Å²) in [4.78, 5) is 16.5. The molecule has 25 heavy (non-hydrogen) atoms. The summed E-state index contributed by atoms with van der Waals surface area (Å²) in [6, 6.07) is 13.3. The van der Waals surface area contributed by atoms with Crippen LogP contribution in [0.3, 0.4) is 0 Å². The number of amides is 1. The minimum Gasteiger partial charge on any atom is -0.359 e. The summed E-state index contributed by atoms with van der Waals surface area (Å²) in [5.74, 6) is -0.110. The quantitative estimate of drug-likeness (QED) is 0.881. The van der Waals surface area contributed by atoms with E-state index in [4.69, 9.17) is 11.6 Å². The number of halogens is 1. The number of anilines is 2. The highest BCUT2D eigenvalue weighted by Crippen LogP contribution is 2.29. The number of aryl methyl sites for hydroxylation is 1. The monoisotopic (exact) mass is 358 g/mol. The van der Waals surface area contributed by atoms with E-state index in [1.807, 2.05) is 49.4 Å². The van der Waals surface area contributed by atoms with Crippen LogP contribution in [0, 0.1) is 6.92 Å². The summed E-state index contributed by atoms with van der Waals surface area (Å²) in [6.45, 7) is 9.59. The van der Waals surface area contributed by atoms with Gasteiger partial charge in [-0.2, -0.15) is 0 Å². The van der Waals surface area contributed by atoms with Gasteiger partial charge in [-0.05, 0) is 44.2 Å². The lowest BCUT2D eigenvalue weighted by Gasteiger charge is -2.34. The fourth-order valence-corrected chi connectivity index (χ4v) is 3.37. The van der Waals surface area contributed by atoms with E-state index in [-0.39, 0.29) is 5.91 Å². The van der Waals surface area contributed by atoms with Crippen LogP contribution in [-0.4, -0.2) is 38.6 Å². The Kier molecular flexibility index (Phi) is 5.61. The molecule has 1 amide bonds. The standard InChI is InChI=1S/C20H24ClN3O/c1-3-23-10-12-24(13-11-23)19-9-8-17(21)14-18(19)22-20(25)16-6-4-15(2)5-7-16/h4-9,14H,3,10-13H2,1-2H3,(H,22,25)/p+1. The van der Waals surface area contributed by atoms with Crippen LogP contribution in [-0.2, 0) is 0 Å². The zero-order chi connectivity index (χ0) is 17.8. The average molecular weight is 359 g/mol. The number of carbonyl (C=O) groups excluding carboxylic acids is 1. The molecule has 1 saturated heterocycles. The number of carbonyl (C=O) groups is 1. The van der Waals surface area contributed by atoms with E-state index in [1.54, 1.807) is 4.90 Å². The average Bonchev–Trinajstić information content (AvgIpc) is 2.62. The highest BCUT2D eigenvalue weighted by atomic mass is 35.5. The predicted octanol–water partition coefficient (Wildman–Crippen LogP) is 2.63. The second-order valence-electron chi connectivity index (χ2n) is 6.57. The molecule has 0 spiro atoms. The van der Waals surface area contributed by atoms with Crippen LogP contribution in [0.5, 0.6) is 0 Å². The molecule has 5 heteroatoms. The number of likely N-dealkylation sites (N-methyl/N-ethyl adjacent to an activating group) is 1. The number of benzene rings is 2. The number of piperazine rings is 1. The predicted molar refractivity (Wildman–Crippen MR) is 104 cm³/mol. The molecule has 2 N–H and O–H groups in total. The molecule has 132 valence electrons. The van der Waals surface area contributed by atoms with Crippen LogP contribution in [0.25, 0.3) is 0 Å². The first kappa shape index (κ1) is 17.8. The molecule has 1 aliphatic heterocycles. The van der Waals surface area contributed by atoms with E-state index in [9.17, 15) is 4.79 Å². The highest BCUT2D eigenvalue weighted by Gasteiger charge is 2.21. The Morgan fingerprint density at radius 1 is 1.16 bits per heavy atom. The van der Waals surface area contributed by atoms with Crippen LogP contribution >= 0.6 is 11.6 Å². The zero-order valence-electron chi connectivity index (χ0n) is 14.8. The van der Waals surface area contributed by atoms with Crippen LogP contribution in [0.4, 0.5) is 11.4 Å². The van der Waals surface area contributed by atoms with E-state index in [1.165, 1.54) is 0 Å². The van der Waals surface area contributed by atoms with Gasteiger partial charge < -0.3 is 15.1 Å². The van der Waals surface area contributed by atoms with Gasteiger partial charge in [-0.25, -0.2) is 0 Å². The maximum absolute atomic E-state index is 12.6. The van der Waals surface area contributed by atoms with Crippen molar-refractivity contribution in [2.75, 3.05) is 42.9 Å². The van der Waals surface area contributed by atoms with Crippen molar-refractivity contribution in [1.29, 1.82) is 0 Å². The van der Waals surface area contributed by atoms with Gasteiger partial charge in [0.1, 0.15) is 0 Å². The first-order chi connectivity index (χ1) is 12.1. The minimum atomic E-state index is -0.110. The molecule has 0 atom stereocenters. The third-order valence-electron chi connectivity index (χ3n) is 4.83. The van der Waals surface area contributed by atoms with Crippen LogP contribution in [0.1, 0.15) is 22.8 Å². The fraction of sp³-hybridized carbons (Fsp3) is 0.350. The van der Waals surface area contributed by atoms with E-state index >= 15 is 0 Å². The number of nitrogens with zero attached hydrogens (tertiary/aromatic N) is 1. The van der Waals surface area contributed by atoms with Crippen LogP contribution in [0.15, 0.2) is 42.5 Å². The number of hydrogen-bond acceptors (Lipinski definition) is 2. The largest absolute Gasteiger partial charge is 0.359 e. The van der Waals surface area contributed by atoms with Crippen LogP contribution < -0.4 is 15.1 Å². The topological polar surface area (TPSA) is 36.8 Å². The zero-order valence-corrected chi connectivity index (χ0v) is 15.6. The molecule has 0 radical (unpaired) electrons. The molecule has 1 heterocycles. The lowest BCUT2D eigenvalue weighted by molar-refractivity contribution is -0.898. The summed E-state index contributed by atoms with van der Waals surface area (Å²) in [5, 5.41) is 3.66. The molecule has 3 rings (SSSR count). The molecule has 1 aliphatic rings. The molecule has 2 aromatic carbocycles. The second-order valence-corrected chi connectivity index (χ2v) is 7.01. The van der Waals surface area contributed by atoms with Crippen molar-refractivity contribution in [2.24, 2.45) is 0 Å². The van der Waals surface area contributed by atoms with Gasteiger partial charge in [0.2, 0.25) is 0 Å². The Hall–Kier alpha value is -2.04. The summed E-state index contributed by atoms with van der Waals surface area (Å²) in [6.07, 6.45) is 0. The van der Waals surface area contributed by atoms with Crippen molar-refractivity contribution in [2.45, 2.75) is 13.8 Å². The Bertz CT molecular complexity index is 737. The number of hydrogen-bond donors (Lipinski definition) is 2. The van der Waals surface area contributed by atoms with Crippen molar-refractivity contribution < 1.29 is 9.69 Å². The lowest BCUT2D eigenvalue weighted by atomic mass is 10.1. The van der Waals surface area contributed by atoms with Gasteiger partial charge in [-0.3, -0.25) is 4.79 Å². The third-order valence-corrected chi connectivity index (χ3v) is 5.07. The van der Waals surface area contributed by atoms with Crippen molar-refractivity contribution in [3.05, 3.63) is 58.6 Å². The Morgan fingerprint density at radius 3 is 2.48 bits per heavy atom. The minimum absolute atomic E-state index is 0.110. The second kappa shape index (κ2) is 7.89. The molecular weight excluding hydrogens is 334 g/mol. The van der Waals surface area contributed by atoms with Crippen molar-refractivity contribution in [1.82, 2.24) is 0 Å². The number of rotatable bonds is 4. The summed E-state index contributed by atoms with van der Waals surface area (Å²) < 4.78 is 0. The molecule has 0 aromatic heterocycles. The van der Waals surface area contributed by atoms with E-state index < -0.39 is 0 Å². The molecule has 1 fully saturated rings. The lowest BCUT2D eigenvalue weighted by Crippen LogP contribution is -3.14.